The number of nitrogens with zero attached hydrogens (tertiary/aromatic N) is 2. The van der Waals surface area contributed by atoms with Crippen LogP contribution < -0.4 is 14.8 Å². The first-order chi connectivity index (χ1) is 14.4. The number of rotatable bonds is 7. The molecule has 1 aromatic heterocycles. The van der Waals surface area contributed by atoms with Gasteiger partial charge in [0.25, 0.3) is 5.89 Å². The number of benzene rings is 2. The molecule has 0 saturated carbocycles. The normalized spacial score (nSPS) is 11.1. The summed E-state index contributed by atoms with van der Waals surface area (Å²) in [7, 11) is 3.15. The van der Waals surface area contributed by atoms with Crippen molar-refractivity contribution in [1.29, 1.82) is 0 Å². The Kier molecular flexibility index (Phi) is 6.51. The molecule has 3 rings (SSSR count). The first-order valence-electron chi connectivity index (χ1n) is 9.57. The zero-order valence-electron chi connectivity index (χ0n) is 17.7. The van der Waals surface area contributed by atoms with Gasteiger partial charge in [0, 0.05) is 12.0 Å². The number of amides is 1. The van der Waals surface area contributed by atoms with Gasteiger partial charge in [-0.2, -0.15) is 4.98 Å². The molecule has 0 atom stereocenters. The van der Waals surface area contributed by atoms with Crippen molar-refractivity contribution in [3.8, 4) is 23.0 Å². The lowest BCUT2D eigenvalue weighted by Crippen LogP contribution is -2.10. The average Bonchev–Trinajstić information content (AvgIpc) is 3.24. The molecule has 7 heteroatoms. The number of methoxy groups -OCH3 is 2. The highest BCUT2D eigenvalue weighted by molar-refractivity contribution is 6.04. The first kappa shape index (κ1) is 21.1. The van der Waals surface area contributed by atoms with Crippen molar-refractivity contribution < 1.29 is 18.8 Å². The third-order valence-electron chi connectivity index (χ3n) is 4.54. The molecule has 0 spiro atoms. The molecule has 0 bridgehead atoms. The van der Waals surface area contributed by atoms with Gasteiger partial charge >= 0.3 is 0 Å². The highest BCUT2D eigenvalue weighted by atomic mass is 16.5. The Morgan fingerprint density at radius 2 is 1.90 bits per heavy atom. The molecule has 0 aliphatic heterocycles. The Balaban J connectivity index is 1.82. The summed E-state index contributed by atoms with van der Waals surface area (Å²) in [5, 5.41) is 6.94. The van der Waals surface area contributed by atoms with Crippen LogP contribution >= 0.6 is 0 Å². The van der Waals surface area contributed by atoms with Crippen LogP contribution in [0.4, 0.5) is 5.69 Å². The van der Waals surface area contributed by atoms with E-state index < -0.39 is 0 Å². The number of carbonyl (C=O) groups excluding carboxylic acids is 1. The molecule has 1 heterocycles. The van der Waals surface area contributed by atoms with Gasteiger partial charge in [0.15, 0.2) is 17.3 Å². The third-order valence-corrected chi connectivity index (χ3v) is 4.54. The van der Waals surface area contributed by atoms with Gasteiger partial charge in [0.2, 0.25) is 5.91 Å². The molecule has 1 amide bonds. The molecule has 156 valence electrons. The molecule has 2 aromatic carbocycles. The minimum Gasteiger partial charge on any atom is -0.493 e. The van der Waals surface area contributed by atoms with Gasteiger partial charge in [-0.3, -0.25) is 4.79 Å². The topological polar surface area (TPSA) is 86.5 Å². The van der Waals surface area contributed by atoms with Crippen LogP contribution in [0.25, 0.3) is 17.5 Å². The van der Waals surface area contributed by atoms with E-state index in [2.05, 4.69) is 15.5 Å². The van der Waals surface area contributed by atoms with E-state index in [9.17, 15) is 4.79 Å². The predicted molar refractivity (Wildman–Crippen MR) is 116 cm³/mol. The van der Waals surface area contributed by atoms with Crippen LogP contribution in [-0.4, -0.2) is 30.3 Å². The molecule has 0 fully saturated rings. The van der Waals surface area contributed by atoms with Gasteiger partial charge in [0.05, 0.1) is 25.5 Å². The molecule has 0 aliphatic rings. The number of aryl methyl sites for hydroxylation is 1. The summed E-state index contributed by atoms with van der Waals surface area (Å²) in [6.07, 6.45) is 3.17. The number of para-hydroxylation sites is 1. The molecule has 0 saturated heterocycles. The average molecular weight is 407 g/mol. The maximum Gasteiger partial charge on any atom is 0.260 e. The van der Waals surface area contributed by atoms with E-state index in [4.69, 9.17) is 14.0 Å². The summed E-state index contributed by atoms with van der Waals surface area (Å²) in [5.41, 5.74) is 3.02. The van der Waals surface area contributed by atoms with Gasteiger partial charge in [-0.15, -0.1) is 0 Å². The van der Waals surface area contributed by atoms with Gasteiger partial charge < -0.3 is 19.3 Å². The van der Waals surface area contributed by atoms with E-state index in [1.54, 1.807) is 32.4 Å². The van der Waals surface area contributed by atoms with Crippen molar-refractivity contribution in [2.45, 2.75) is 26.7 Å². The lowest BCUT2D eigenvalue weighted by atomic mass is 10.1. The maximum atomic E-state index is 12.6. The van der Waals surface area contributed by atoms with Gasteiger partial charge in [0.1, 0.15) is 0 Å². The van der Waals surface area contributed by atoms with Crippen LogP contribution in [0.5, 0.6) is 11.5 Å². The largest absolute Gasteiger partial charge is 0.493 e. The Morgan fingerprint density at radius 3 is 2.57 bits per heavy atom. The van der Waals surface area contributed by atoms with E-state index in [0.29, 0.717) is 34.5 Å². The predicted octanol–water partition coefficient (Wildman–Crippen LogP) is 4.84. The number of nitrogens with one attached hydrogen (secondary N) is 1. The van der Waals surface area contributed by atoms with Gasteiger partial charge in [-0.05, 0) is 42.3 Å². The molecule has 0 aliphatic carbocycles. The van der Waals surface area contributed by atoms with Gasteiger partial charge in [-0.1, -0.05) is 37.2 Å². The van der Waals surface area contributed by atoms with Crippen molar-refractivity contribution in [2.75, 3.05) is 19.5 Å². The summed E-state index contributed by atoms with van der Waals surface area (Å²) >= 11 is 0. The molecule has 7 nitrogen and oxygen atoms in total. The summed E-state index contributed by atoms with van der Waals surface area (Å²) < 4.78 is 15.9. The second-order valence-electron chi connectivity index (χ2n) is 7.05. The summed E-state index contributed by atoms with van der Waals surface area (Å²) in [4.78, 5) is 17.0. The number of aromatic nitrogens is 2. The number of hydrogen-bond donors (Lipinski definition) is 1. The minimum atomic E-state index is -0.274. The molecular formula is C23H25N3O4. The quantitative estimate of drug-likeness (QED) is 0.564. The van der Waals surface area contributed by atoms with E-state index >= 15 is 0 Å². The zero-order chi connectivity index (χ0) is 21.7. The first-order valence-corrected chi connectivity index (χ1v) is 9.57. The Labute approximate surface area is 175 Å². The zero-order valence-corrected chi connectivity index (χ0v) is 17.7. The van der Waals surface area contributed by atoms with Crippen LogP contribution in [-0.2, 0) is 4.79 Å². The van der Waals surface area contributed by atoms with Crippen molar-refractivity contribution in [1.82, 2.24) is 10.1 Å². The smallest absolute Gasteiger partial charge is 0.260 e. The van der Waals surface area contributed by atoms with Crippen LogP contribution in [0, 0.1) is 6.92 Å². The van der Waals surface area contributed by atoms with E-state index in [-0.39, 0.29) is 11.8 Å². The SMILES string of the molecule is COc1ccc(/C=C/C(=O)Nc2c(C)cccc2-c2nc(C(C)C)no2)cc1OC. The molecule has 1 N–H and O–H groups in total. The second kappa shape index (κ2) is 9.26. The van der Waals surface area contributed by atoms with Gasteiger partial charge in [-0.25, -0.2) is 0 Å². The fraction of sp³-hybridized carbons (Fsp3) is 0.261. The summed E-state index contributed by atoms with van der Waals surface area (Å²) in [6.45, 7) is 5.90. The van der Waals surface area contributed by atoms with Crippen molar-refractivity contribution >= 4 is 17.7 Å². The van der Waals surface area contributed by atoms with Crippen LogP contribution in [0.1, 0.15) is 36.7 Å². The van der Waals surface area contributed by atoms with Crippen molar-refractivity contribution in [2.24, 2.45) is 0 Å². The molecule has 3 aromatic rings. The van der Waals surface area contributed by atoms with E-state index in [1.807, 2.05) is 45.0 Å². The minimum absolute atomic E-state index is 0.148. The second-order valence-corrected chi connectivity index (χ2v) is 7.05. The molecule has 0 unspecified atom stereocenters. The standard InChI is InChI=1S/C23H25N3O4/c1-14(2)22-25-23(30-26-22)17-8-6-7-15(3)21(17)24-20(27)12-10-16-9-11-18(28-4)19(13-16)29-5/h6-14H,1-5H3,(H,24,27)/b12-10+. The molecular weight excluding hydrogens is 382 g/mol. The lowest BCUT2D eigenvalue weighted by Gasteiger charge is -2.10. The van der Waals surface area contributed by atoms with E-state index in [0.717, 1.165) is 11.1 Å². The van der Waals surface area contributed by atoms with Crippen molar-refractivity contribution in [3.05, 3.63) is 59.4 Å². The highest BCUT2D eigenvalue weighted by Crippen LogP contribution is 2.31. The fourth-order valence-electron chi connectivity index (χ4n) is 2.88. The Bertz CT molecular complexity index is 1070. The van der Waals surface area contributed by atoms with E-state index in [1.165, 1.54) is 6.08 Å². The number of carbonyl (C=O) groups is 1. The maximum absolute atomic E-state index is 12.6. The Morgan fingerprint density at radius 1 is 1.13 bits per heavy atom. The summed E-state index contributed by atoms with van der Waals surface area (Å²) in [5.74, 6) is 2.10. The highest BCUT2D eigenvalue weighted by Gasteiger charge is 2.17. The van der Waals surface area contributed by atoms with Crippen LogP contribution in [0.2, 0.25) is 0 Å². The van der Waals surface area contributed by atoms with Crippen molar-refractivity contribution in [3.63, 3.8) is 0 Å². The third kappa shape index (κ3) is 4.68. The lowest BCUT2D eigenvalue weighted by molar-refractivity contribution is -0.111. The van der Waals surface area contributed by atoms with Crippen LogP contribution in [0.15, 0.2) is 47.0 Å². The van der Waals surface area contributed by atoms with Crippen LogP contribution in [0.3, 0.4) is 0 Å². The molecule has 30 heavy (non-hydrogen) atoms. The number of anilines is 1. The Hall–Kier alpha value is -3.61. The number of ether oxygens (including phenoxy) is 2. The monoisotopic (exact) mass is 407 g/mol. The fourth-order valence-corrected chi connectivity index (χ4v) is 2.88. The summed E-state index contributed by atoms with van der Waals surface area (Å²) in [6, 6.07) is 11.1. The molecule has 0 radical (unpaired) electrons. The number of hydrogen-bond acceptors (Lipinski definition) is 6.